The summed E-state index contributed by atoms with van der Waals surface area (Å²) in [5.41, 5.74) is 11.0. The van der Waals surface area contributed by atoms with E-state index >= 15 is 0 Å². The van der Waals surface area contributed by atoms with Crippen molar-refractivity contribution in [3.8, 4) is 0 Å². The molecule has 80 valence electrons. The topological polar surface area (TPSA) is 93.2 Å². The van der Waals surface area contributed by atoms with Crippen molar-refractivity contribution in [2.75, 3.05) is 19.6 Å². The van der Waals surface area contributed by atoms with Crippen LogP contribution in [0.5, 0.6) is 0 Å². The number of rotatable bonds is 3. The Morgan fingerprint density at radius 2 is 2.43 bits per heavy atom. The highest BCUT2D eigenvalue weighted by atomic mass is 16.1. The van der Waals surface area contributed by atoms with E-state index in [2.05, 4.69) is 10.6 Å². The molecule has 0 aromatic carbocycles. The molecule has 0 aromatic rings. The smallest absolute Gasteiger partial charge is 0.226 e. The number of amides is 1. The summed E-state index contributed by atoms with van der Waals surface area (Å²) >= 11 is 0. The highest BCUT2D eigenvalue weighted by Crippen LogP contribution is 2.08. The van der Waals surface area contributed by atoms with E-state index in [4.69, 9.17) is 11.5 Å². The minimum Gasteiger partial charge on any atom is -0.405 e. The third-order valence-electron chi connectivity index (χ3n) is 2.40. The lowest BCUT2D eigenvalue weighted by atomic mass is 9.93. The first-order chi connectivity index (χ1) is 6.75. The predicted octanol–water partition coefficient (Wildman–Crippen LogP) is -1.49. The second-order valence-electron chi connectivity index (χ2n) is 3.44. The van der Waals surface area contributed by atoms with Gasteiger partial charge in [-0.25, -0.2) is 0 Å². The molecule has 1 aliphatic heterocycles. The van der Waals surface area contributed by atoms with Crippen LogP contribution in [0, 0.1) is 5.92 Å². The van der Waals surface area contributed by atoms with Gasteiger partial charge in [0, 0.05) is 19.1 Å². The third kappa shape index (κ3) is 3.01. The fraction of sp³-hybridized carbons (Fsp3) is 0.667. The fourth-order valence-electron chi connectivity index (χ4n) is 1.52. The molecule has 2 atom stereocenters. The van der Waals surface area contributed by atoms with Crippen molar-refractivity contribution in [3.05, 3.63) is 12.3 Å². The van der Waals surface area contributed by atoms with Gasteiger partial charge < -0.3 is 22.1 Å². The Hall–Kier alpha value is -1.07. The highest BCUT2D eigenvalue weighted by molar-refractivity contribution is 5.79. The summed E-state index contributed by atoms with van der Waals surface area (Å²) in [4.78, 5) is 11.6. The SMILES string of the molecule is N/C=C/CNC(=O)C1CNCCC1N. The van der Waals surface area contributed by atoms with Gasteiger partial charge in [0.2, 0.25) is 5.91 Å². The van der Waals surface area contributed by atoms with E-state index in [9.17, 15) is 4.79 Å². The number of nitrogens with one attached hydrogen (secondary N) is 2. The summed E-state index contributed by atoms with van der Waals surface area (Å²) in [5.74, 6) is -0.113. The first-order valence-corrected chi connectivity index (χ1v) is 4.86. The molecule has 2 unspecified atom stereocenters. The van der Waals surface area contributed by atoms with Crippen molar-refractivity contribution >= 4 is 5.91 Å². The average Bonchev–Trinajstić information content (AvgIpc) is 2.18. The number of hydrogen-bond acceptors (Lipinski definition) is 4. The van der Waals surface area contributed by atoms with Crippen molar-refractivity contribution in [1.82, 2.24) is 10.6 Å². The van der Waals surface area contributed by atoms with Crippen LogP contribution in [0.25, 0.3) is 0 Å². The minimum absolute atomic E-state index is 0.00259. The van der Waals surface area contributed by atoms with Gasteiger partial charge in [0.25, 0.3) is 0 Å². The molecule has 0 radical (unpaired) electrons. The standard InChI is InChI=1S/C9H18N4O/c10-3-1-4-13-9(14)7-6-12-5-2-8(7)11/h1,3,7-8,12H,2,4-6,10-11H2,(H,13,14)/b3-1+. The monoisotopic (exact) mass is 198 g/mol. The molecule has 1 saturated heterocycles. The molecule has 1 heterocycles. The van der Waals surface area contributed by atoms with Gasteiger partial charge in [0.1, 0.15) is 0 Å². The lowest BCUT2D eigenvalue weighted by Gasteiger charge is -2.28. The van der Waals surface area contributed by atoms with Crippen molar-refractivity contribution in [3.63, 3.8) is 0 Å². The Morgan fingerprint density at radius 3 is 3.07 bits per heavy atom. The quantitative estimate of drug-likeness (QED) is 0.444. The Balaban J connectivity index is 2.34. The zero-order valence-electron chi connectivity index (χ0n) is 8.20. The molecule has 1 aliphatic rings. The normalized spacial score (nSPS) is 27.8. The van der Waals surface area contributed by atoms with E-state index in [1.54, 1.807) is 6.08 Å². The summed E-state index contributed by atoms with van der Waals surface area (Å²) in [6, 6.07) is -0.0295. The molecule has 0 aliphatic carbocycles. The van der Waals surface area contributed by atoms with E-state index in [-0.39, 0.29) is 17.9 Å². The van der Waals surface area contributed by atoms with Gasteiger partial charge in [-0.3, -0.25) is 4.79 Å². The first-order valence-electron chi connectivity index (χ1n) is 4.86. The summed E-state index contributed by atoms with van der Waals surface area (Å²) in [5, 5.41) is 5.91. The van der Waals surface area contributed by atoms with Crippen molar-refractivity contribution in [1.29, 1.82) is 0 Å². The predicted molar refractivity (Wildman–Crippen MR) is 55.3 cm³/mol. The van der Waals surface area contributed by atoms with Crippen molar-refractivity contribution < 1.29 is 4.79 Å². The molecule has 5 nitrogen and oxygen atoms in total. The van der Waals surface area contributed by atoms with Crippen LogP contribution in [0.1, 0.15) is 6.42 Å². The van der Waals surface area contributed by atoms with E-state index in [1.165, 1.54) is 6.20 Å². The summed E-state index contributed by atoms with van der Waals surface area (Å²) < 4.78 is 0. The van der Waals surface area contributed by atoms with Crippen LogP contribution in [-0.2, 0) is 4.79 Å². The van der Waals surface area contributed by atoms with Crippen LogP contribution in [-0.4, -0.2) is 31.6 Å². The molecular weight excluding hydrogens is 180 g/mol. The van der Waals surface area contributed by atoms with Gasteiger partial charge in [-0.2, -0.15) is 0 Å². The second-order valence-corrected chi connectivity index (χ2v) is 3.44. The second kappa shape index (κ2) is 5.62. The van der Waals surface area contributed by atoms with E-state index < -0.39 is 0 Å². The van der Waals surface area contributed by atoms with Crippen LogP contribution in [0.2, 0.25) is 0 Å². The zero-order chi connectivity index (χ0) is 10.4. The average molecular weight is 198 g/mol. The third-order valence-corrected chi connectivity index (χ3v) is 2.40. The summed E-state index contributed by atoms with van der Waals surface area (Å²) in [7, 11) is 0. The number of carbonyl (C=O) groups excluding carboxylic acids is 1. The molecule has 1 rings (SSSR count). The zero-order valence-corrected chi connectivity index (χ0v) is 8.20. The molecule has 0 spiro atoms. The van der Waals surface area contributed by atoms with E-state index in [0.717, 1.165) is 13.0 Å². The first kappa shape index (κ1) is 11.0. The van der Waals surface area contributed by atoms with Crippen LogP contribution >= 0.6 is 0 Å². The maximum absolute atomic E-state index is 11.6. The Morgan fingerprint density at radius 1 is 1.64 bits per heavy atom. The van der Waals surface area contributed by atoms with Gasteiger partial charge >= 0.3 is 0 Å². The highest BCUT2D eigenvalue weighted by Gasteiger charge is 2.27. The van der Waals surface area contributed by atoms with E-state index in [1.807, 2.05) is 0 Å². The molecule has 0 saturated carbocycles. The van der Waals surface area contributed by atoms with Crippen LogP contribution in [0.3, 0.4) is 0 Å². The maximum atomic E-state index is 11.6. The molecule has 0 aromatic heterocycles. The Labute approximate surface area is 83.9 Å². The van der Waals surface area contributed by atoms with Gasteiger partial charge in [-0.1, -0.05) is 0 Å². The lowest BCUT2D eigenvalue weighted by Crippen LogP contribution is -2.51. The maximum Gasteiger partial charge on any atom is 0.226 e. The van der Waals surface area contributed by atoms with Crippen LogP contribution < -0.4 is 22.1 Å². The molecule has 1 fully saturated rings. The van der Waals surface area contributed by atoms with Gasteiger partial charge in [-0.15, -0.1) is 0 Å². The largest absolute Gasteiger partial charge is 0.405 e. The molecule has 5 heteroatoms. The number of hydrogen-bond donors (Lipinski definition) is 4. The van der Waals surface area contributed by atoms with Crippen molar-refractivity contribution in [2.24, 2.45) is 17.4 Å². The Bertz CT molecular complexity index is 217. The minimum atomic E-state index is -0.116. The van der Waals surface area contributed by atoms with Crippen molar-refractivity contribution in [2.45, 2.75) is 12.5 Å². The molecule has 6 N–H and O–H groups in total. The summed E-state index contributed by atoms with van der Waals surface area (Å²) in [6.07, 6.45) is 3.96. The molecule has 14 heavy (non-hydrogen) atoms. The molecule has 0 bridgehead atoms. The molecular formula is C9H18N4O. The number of piperidine rings is 1. The van der Waals surface area contributed by atoms with Crippen LogP contribution in [0.15, 0.2) is 12.3 Å². The van der Waals surface area contributed by atoms with Gasteiger partial charge in [0.05, 0.1) is 5.92 Å². The van der Waals surface area contributed by atoms with Gasteiger partial charge in [-0.05, 0) is 25.2 Å². The lowest BCUT2D eigenvalue weighted by molar-refractivity contribution is -0.125. The van der Waals surface area contributed by atoms with Gasteiger partial charge in [0.15, 0.2) is 0 Å². The number of carbonyl (C=O) groups is 1. The Kier molecular flexibility index (Phi) is 4.42. The van der Waals surface area contributed by atoms with Crippen LogP contribution in [0.4, 0.5) is 0 Å². The number of nitrogens with two attached hydrogens (primary N) is 2. The fourth-order valence-corrected chi connectivity index (χ4v) is 1.52. The van der Waals surface area contributed by atoms with E-state index in [0.29, 0.717) is 13.1 Å². The molecule has 1 amide bonds. The summed E-state index contributed by atoms with van der Waals surface area (Å²) in [6.45, 7) is 2.03.